The third-order valence-electron chi connectivity index (χ3n) is 4.37. The molecule has 0 aliphatic heterocycles. The van der Waals surface area contributed by atoms with Gasteiger partial charge in [-0.2, -0.15) is 0 Å². The Labute approximate surface area is 171 Å². The van der Waals surface area contributed by atoms with Gasteiger partial charge >= 0.3 is 5.97 Å². The number of nitrogens with zero attached hydrogens (tertiary/aromatic N) is 1. The highest BCUT2D eigenvalue weighted by Gasteiger charge is 2.16. The van der Waals surface area contributed by atoms with Crippen molar-refractivity contribution in [3.05, 3.63) is 90.0 Å². The fourth-order valence-electron chi connectivity index (χ4n) is 2.91. The second kappa shape index (κ2) is 8.40. The number of hydrogen-bond donors (Lipinski definition) is 1. The number of esters is 1. The summed E-state index contributed by atoms with van der Waals surface area (Å²) >= 11 is 0. The largest absolute Gasteiger partial charge is 0.452 e. The van der Waals surface area contributed by atoms with Gasteiger partial charge in [-0.15, -0.1) is 0 Å². The average molecular weight is 400 g/mol. The van der Waals surface area contributed by atoms with Gasteiger partial charge in [0.25, 0.3) is 11.8 Å². The van der Waals surface area contributed by atoms with Gasteiger partial charge in [0.15, 0.2) is 12.4 Å². The highest BCUT2D eigenvalue weighted by atomic mass is 16.5. The van der Waals surface area contributed by atoms with Crippen LogP contribution in [0.1, 0.15) is 20.7 Å². The van der Waals surface area contributed by atoms with E-state index in [1.54, 1.807) is 42.5 Å². The third kappa shape index (κ3) is 4.10. The van der Waals surface area contributed by atoms with Crippen molar-refractivity contribution in [1.82, 2.24) is 10.5 Å². The lowest BCUT2D eigenvalue weighted by atomic mass is 10.1. The summed E-state index contributed by atoms with van der Waals surface area (Å²) in [6, 6.07) is 22.4. The topological polar surface area (TPSA) is 98.5 Å². The first kappa shape index (κ1) is 19.1. The Balaban J connectivity index is 1.43. The van der Waals surface area contributed by atoms with Crippen LogP contribution in [0.15, 0.2) is 83.4 Å². The van der Waals surface area contributed by atoms with Crippen LogP contribution in [0, 0.1) is 0 Å². The van der Waals surface area contributed by atoms with Gasteiger partial charge in [-0.1, -0.05) is 53.7 Å². The van der Waals surface area contributed by atoms with Crippen LogP contribution in [0.5, 0.6) is 0 Å². The van der Waals surface area contributed by atoms with Crippen molar-refractivity contribution >= 4 is 28.7 Å². The lowest BCUT2D eigenvalue weighted by Gasteiger charge is -2.06. The Morgan fingerprint density at radius 1 is 0.867 bits per heavy atom. The lowest BCUT2D eigenvalue weighted by molar-refractivity contribution is -0.123. The zero-order valence-electron chi connectivity index (χ0n) is 15.7. The Bertz CT molecular complexity index is 1220. The number of benzene rings is 3. The monoisotopic (exact) mass is 400 g/mol. The summed E-state index contributed by atoms with van der Waals surface area (Å²) in [5, 5.41) is 6.83. The minimum absolute atomic E-state index is 0.241. The van der Waals surface area contributed by atoms with Crippen LogP contribution in [-0.4, -0.2) is 29.5 Å². The summed E-state index contributed by atoms with van der Waals surface area (Å²) in [5.41, 5.74) is 1.99. The molecule has 0 aliphatic rings. The van der Waals surface area contributed by atoms with Crippen LogP contribution < -0.4 is 5.32 Å². The number of hydrogen-bond acceptors (Lipinski definition) is 6. The van der Waals surface area contributed by atoms with Crippen molar-refractivity contribution in [2.24, 2.45) is 0 Å². The molecule has 0 saturated heterocycles. The quantitative estimate of drug-likeness (QED) is 0.514. The molecule has 0 spiro atoms. The molecule has 148 valence electrons. The van der Waals surface area contributed by atoms with Crippen molar-refractivity contribution in [3.63, 3.8) is 0 Å². The van der Waals surface area contributed by atoms with Crippen LogP contribution in [0.3, 0.4) is 0 Å². The van der Waals surface area contributed by atoms with Gasteiger partial charge in [0.2, 0.25) is 0 Å². The molecule has 3 aromatic carbocycles. The van der Waals surface area contributed by atoms with E-state index in [4.69, 9.17) is 9.26 Å². The molecule has 1 heterocycles. The number of amides is 2. The van der Waals surface area contributed by atoms with Crippen molar-refractivity contribution < 1.29 is 23.6 Å². The molecular formula is C23H16N2O5. The van der Waals surface area contributed by atoms with Crippen LogP contribution >= 0.6 is 0 Å². The second-order valence-corrected chi connectivity index (χ2v) is 6.43. The summed E-state index contributed by atoms with van der Waals surface area (Å²) in [4.78, 5) is 36.3. The standard InChI is InChI=1S/C23H16N2O5/c26-20(24-22(27)16-9-5-2-6-10-16)14-29-23(28)17-11-12-19-18(13-17)21(30-25-19)15-7-3-1-4-8-15/h1-13H,14H2,(H,24,26,27). The molecule has 7 heteroatoms. The smallest absolute Gasteiger partial charge is 0.338 e. The van der Waals surface area contributed by atoms with Crippen LogP contribution in [-0.2, 0) is 9.53 Å². The fraction of sp³-hybridized carbons (Fsp3) is 0.0435. The molecule has 0 aliphatic carbocycles. The molecule has 0 saturated carbocycles. The molecule has 4 aromatic rings. The Kier molecular flexibility index (Phi) is 5.34. The molecule has 0 fully saturated rings. The van der Waals surface area contributed by atoms with E-state index < -0.39 is 24.4 Å². The first-order chi connectivity index (χ1) is 14.6. The molecule has 1 N–H and O–H groups in total. The van der Waals surface area contributed by atoms with Crippen LogP contribution in [0.4, 0.5) is 0 Å². The van der Waals surface area contributed by atoms with Gasteiger partial charge in [-0.05, 0) is 30.3 Å². The van der Waals surface area contributed by atoms with E-state index in [2.05, 4.69) is 10.5 Å². The second-order valence-electron chi connectivity index (χ2n) is 6.43. The third-order valence-corrected chi connectivity index (χ3v) is 4.37. The Morgan fingerprint density at radius 2 is 1.57 bits per heavy atom. The van der Waals surface area contributed by atoms with E-state index >= 15 is 0 Å². The van der Waals surface area contributed by atoms with Gasteiger partial charge in [0.1, 0.15) is 5.52 Å². The number of carbonyl (C=O) groups excluding carboxylic acids is 3. The summed E-state index contributed by atoms with van der Waals surface area (Å²) < 4.78 is 10.5. The van der Waals surface area contributed by atoms with Gasteiger partial charge in [-0.25, -0.2) is 4.79 Å². The molecule has 0 bridgehead atoms. The predicted octanol–water partition coefficient (Wildman–Crippen LogP) is 3.61. The zero-order valence-corrected chi connectivity index (χ0v) is 15.7. The maximum absolute atomic E-state index is 12.4. The molecule has 4 rings (SSSR count). The van der Waals surface area contributed by atoms with E-state index in [1.165, 1.54) is 6.07 Å². The number of nitrogens with one attached hydrogen (secondary N) is 1. The van der Waals surface area contributed by atoms with Gasteiger partial charge in [0, 0.05) is 11.1 Å². The average Bonchev–Trinajstić information content (AvgIpc) is 3.22. The molecule has 2 amide bonds. The minimum atomic E-state index is -0.715. The van der Waals surface area contributed by atoms with E-state index in [9.17, 15) is 14.4 Å². The summed E-state index contributed by atoms with van der Waals surface area (Å²) in [6.45, 7) is -0.579. The van der Waals surface area contributed by atoms with Crippen LogP contribution in [0.2, 0.25) is 0 Å². The highest BCUT2D eigenvalue weighted by Crippen LogP contribution is 2.29. The molecule has 0 radical (unpaired) electrons. The normalized spacial score (nSPS) is 10.5. The first-order valence-electron chi connectivity index (χ1n) is 9.13. The van der Waals surface area contributed by atoms with Crippen molar-refractivity contribution in [2.75, 3.05) is 6.61 Å². The number of imide groups is 1. The van der Waals surface area contributed by atoms with E-state index in [1.807, 2.05) is 30.3 Å². The number of rotatable bonds is 5. The van der Waals surface area contributed by atoms with Crippen LogP contribution in [0.25, 0.3) is 22.2 Å². The number of carbonyl (C=O) groups is 3. The van der Waals surface area contributed by atoms with Gasteiger partial charge in [0.05, 0.1) is 10.9 Å². The minimum Gasteiger partial charge on any atom is -0.452 e. The predicted molar refractivity (Wildman–Crippen MR) is 109 cm³/mol. The molecule has 30 heavy (non-hydrogen) atoms. The summed E-state index contributed by atoms with van der Waals surface area (Å²) in [5.74, 6) is -1.44. The van der Waals surface area contributed by atoms with Crippen molar-refractivity contribution in [2.45, 2.75) is 0 Å². The molecular weight excluding hydrogens is 384 g/mol. The molecule has 1 aromatic heterocycles. The fourth-order valence-corrected chi connectivity index (χ4v) is 2.91. The Hall–Kier alpha value is -4.26. The number of fused-ring (bicyclic) bond motifs is 1. The van der Waals surface area contributed by atoms with Gasteiger partial charge in [-0.3, -0.25) is 14.9 Å². The van der Waals surface area contributed by atoms with Crippen molar-refractivity contribution in [3.8, 4) is 11.3 Å². The molecule has 0 atom stereocenters. The van der Waals surface area contributed by atoms with E-state index in [0.717, 1.165) is 5.56 Å². The SMILES string of the molecule is O=C(COC(=O)c1ccc2noc(-c3ccccc3)c2c1)NC(=O)c1ccccc1. The van der Waals surface area contributed by atoms with E-state index in [-0.39, 0.29) is 5.56 Å². The lowest BCUT2D eigenvalue weighted by Crippen LogP contribution is -2.34. The number of aromatic nitrogens is 1. The van der Waals surface area contributed by atoms with Gasteiger partial charge < -0.3 is 9.26 Å². The van der Waals surface area contributed by atoms with E-state index in [0.29, 0.717) is 22.2 Å². The maximum Gasteiger partial charge on any atom is 0.338 e. The summed E-state index contributed by atoms with van der Waals surface area (Å²) in [6.07, 6.45) is 0. The number of ether oxygens (including phenoxy) is 1. The molecule has 0 unspecified atom stereocenters. The summed E-state index contributed by atoms with van der Waals surface area (Å²) in [7, 11) is 0. The Morgan fingerprint density at radius 3 is 2.30 bits per heavy atom. The highest BCUT2D eigenvalue weighted by molar-refractivity contribution is 6.05. The maximum atomic E-state index is 12.4. The molecule has 7 nitrogen and oxygen atoms in total. The van der Waals surface area contributed by atoms with Crippen molar-refractivity contribution in [1.29, 1.82) is 0 Å². The first-order valence-corrected chi connectivity index (χ1v) is 9.13. The zero-order chi connectivity index (χ0) is 20.9.